The molecule has 0 unspecified atom stereocenters. The molecule has 33 heavy (non-hydrogen) atoms. The third-order valence-corrected chi connectivity index (χ3v) is 5.33. The number of hydrogen-bond donors (Lipinski definition) is 0. The maximum atomic E-state index is 13.2. The normalized spacial score (nSPS) is 19.8. The number of Topliss-reactive ketones (excluding diaryl/α,β-unsaturated/α-hetero) is 1. The van der Waals surface area contributed by atoms with E-state index in [4.69, 9.17) is 14.2 Å². The fourth-order valence-electron chi connectivity index (χ4n) is 3.98. The Bertz CT molecular complexity index is 925. The Labute approximate surface area is 196 Å². The van der Waals surface area contributed by atoms with Crippen LogP contribution in [0.2, 0.25) is 0 Å². The molecule has 1 aromatic heterocycles. The van der Waals surface area contributed by atoms with Crippen molar-refractivity contribution < 1.29 is 23.8 Å². The highest BCUT2D eigenvalue weighted by molar-refractivity contribution is 5.85. The van der Waals surface area contributed by atoms with Gasteiger partial charge in [0.15, 0.2) is 5.78 Å². The van der Waals surface area contributed by atoms with E-state index >= 15 is 0 Å². The molecule has 1 aliphatic rings. The Kier molecular flexibility index (Phi) is 7.74. The Morgan fingerprint density at radius 1 is 1.09 bits per heavy atom. The van der Waals surface area contributed by atoms with Crippen molar-refractivity contribution in [2.45, 2.75) is 77.4 Å². The lowest BCUT2D eigenvalue weighted by Crippen LogP contribution is -2.51. The summed E-state index contributed by atoms with van der Waals surface area (Å²) in [7, 11) is 0. The molecule has 2 aromatic rings. The summed E-state index contributed by atoms with van der Waals surface area (Å²) in [6.45, 7) is 9.44. The topological polar surface area (TPSA) is 78.0 Å². The van der Waals surface area contributed by atoms with Gasteiger partial charge in [0.1, 0.15) is 17.4 Å². The maximum absolute atomic E-state index is 13.2. The van der Waals surface area contributed by atoms with Crippen LogP contribution in [0, 0.1) is 0 Å². The molecule has 0 aliphatic carbocycles. The highest BCUT2D eigenvalue weighted by atomic mass is 16.6. The average Bonchev–Trinajstić information content (AvgIpc) is 3.01. The molecule has 1 fully saturated rings. The van der Waals surface area contributed by atoms with Crippen LogP contribution in [0.15, 0.2) is 54.7 Å². The van der Waals surface area contributed by atoms with Crippen molar-refractivity contribution >= 4 is 11.9 Å². The third-order valence-electron chi connectivity index (χ3n) is 5.33. The fraction of sp³-hybridized carbons (Fsp3) is 0.500. The first-order valence-electron chi connectivity index (χ1n) is 11.4. The van der Waals surface area contributed by atoms with Gasteiger partial charge in [0, 0.05) is 18.7 Å². The smallest absolute Gasteiger partial charge is 0.412 e. The van der Waals surface area contributed by atoms with Crippen molar-refractivity contribution in [1.29, 1.82) is 0 Å². The molecular weight excluding hydrogens is 420 g/mol. The molecule has 0 N–H and O–H groups in total. The summed E-state index contributed by atoms with van der Waals surface area (Å²) in [6.07, 6.45) is 1.73. The summed E-state index contributed by atoms with van der Waals surface area (Å²) in [5.74, 6) is 0.473. The summed E-state index contributed by atoms with van der Waals surface area (Å²) in [6, 6.07) is 14.8. The monoisotopic (exact) mass is 454 g/mol. The van der Waals surface area contributed by atoms with Gasteiger partial charge in [0.2, 0.25) is 5.88 Å². The van der Waals surface area contributed by atoms with Crippen LogP contribution >= 0.6 is 0 Å². The van der Waals surface area contributed by atoms with Crippen LogP contribution in [-0.4, -0.2) is 51.8 Å². The molecular formula is C26H34N2O5. The summed E-state index contributed by atoms with van der Waals surface area (Å²) < 4.78 is 17.5. The van der Waals surface area contributed by atoms with Crippen molar-refractivity contribution in [2.24, 2.45) is 0 Å². The summed E-state index contributed by atoms with van der Waals surface area (Å²) in [4.78, 5) is 32.1. The molecule has 7 heteroatoms. The Balaban J connectivity index is 1.73. The number of amides is 1. The number of hydrogen-bond acceptors (Lipinski definition) is 6. The molecule has 7 nitrogen and oxygen atoms in total. The molecule has 178 valence electrons. The number of aromatic nitrogens is 1. The van der Waals surface area contributed by atoms with Gasteiger partial charge in [-0.05, 0) is 59.1 Å². The van der Waals surface area contributed by atoms with Crippen LogP contribution in [0.4, 0.5) is 4.79 Å². The fourth-order valence-corrected chi connectivity index (χ4v) is 3.98. The largest absolute Gasteiger partial charge is 0.478 e. The molecule has 2 heterocycles. The van der Waals surface area contributed by atoms with Gasteiger partial charge in [-0.25, -0.2) is 9.78 Å². The third kappa shape index (κ3) is 6.78. The molecule has 0 bridgehead atoms. The van der Waals surface area contributed by atoms with E-state index in [0.717, 1.165) is 5.56 Å². The van der Waals surface area contributed by atoms with Gasteiger partial charge < -0.3 is 14.2 Å². The van der Waals surface area contributed by atoms with E-state index in [-0.39, 0.29) is 12.2 Å². The second kappa shape index (κ2) is 10.3. The van der Waals surface area contributed by atoms with Crippen LogP contribution < -0.4 is 4.74 Å². The number of ether oxygens (including phenoxy) is 3. The highest BCUT2D eigenvalue weighted by Gasteiger charge is 2.53. The van der Waals surface area contributed by atoms with E-state index in [0.29, 0.717) is 25.3 Å². The molecule has 1 aromatic carbocycles. The zero-order valence-corrected chi connectivity index (χ0v) is 20.1. The van der Waals surface area contributed by atoms with Gasteiger partial charge in [0.05, 0.1) is 12.6 Å². The number of carbonyl (C=O) groups excluding carboxylic acids is 2. The van der Waals surface area contributed by atoms with Gasteiger partial charge in [0.25, 0.3) is 0 Å². The van der Waals surface area contributed by atoms with E-state index < -0.39 is 29.6 Å². The Morgan fingerprint density at radius 2 is 1.79 bits per heavy atom. The number of rotatable bonds is 8. The Morgan fingerprint density at radius 3 is 2.42 bits per heavy atom. The lowest BCUT2D eigenvalue weighted by molar-refractivity contribution is -0.136. The first-order chi connectivity index (χ1) is 15.6. The molecule has 0 radical (unpaired) electrons. The van der Waals surface area contributed by atoms with E-state index in [1.807, 2.05) is 63.2 Å². The van der Waals surface area contributed by atoms with E-state index in [2.05, 4.69) is 4.98 Å². The number of pyridine rings is 1. The predicted octanol–water partition coefficient (Wildman–Crippen LogP) is 4.79. The first-order valence-corrected chi connectivity index (χ1v) is 11.4. The van der Waals surface area contributed by atoms with Crippen LogP contribution in [0.5, 0.6) is 5.88 Å². The minimum absolute atomic E-state index is 0.0558. The zero-order valence-electron chi connectivity index (χ0n) is 20.1. The molecule has 2 atom stereocenters. The summed E-state index contributed by atoms with van der Waals surface area (Å²) in [5.41, 5.74) is -0.615. The highest BCUT2D eigenvalue weighted by Crippen LogP contribution is 2.36. The number of benzene rings is 1. The van der Waals surface area contributed by atoms with Crippen LogP contribution in [0.25, 0.3) is 0 Å². The van der Waals surface area contributed by atoms with Crippen LogP contribution in [0.1, 0.15) is 53.0 Å². The lowest BCUT2D eigenvalue weighted by atomic mass is 9.96. The van der Waals surface area contributed by atoms with Gasteiger partial charge >= 0.3 is 6.09 Å². The molecule has 1 amide bonds. The number of nitrogens with zero attached hydrogens (tertiary/aromatic N) is 2. The molecule has 3 rings (SSSR count). The maximum Gasteiger partial charge on any atom is 0.412 e. The van der Waals surface area contributed by atoms with Gasteiger partial charge in [-0.3, -0.25) is 9.69 Å². The predicted molar refractivity (Wildman–Crippen MR) is 125 cm³/mol. The van der Waals surface area contributed by atoms with Crippen molar-refractivity contribution in [3.8, 4) is 5.88 Å². The van der Waals surface area contributed by atoms with Crippen molar-refractivity contribution in [1.82, 2.24) is 9.88 Å². The van der Waals surface area contributed by atoms with Gasteiger partial charge in [-0.2, -0.15) is 0 Å². The second-order valence-electron chi connectivity index (χ2n) is 9.68. The molecule has 1 aliphatic heterocycles. The van der Waals surface area contributed by atoms with Crippen molar-refractivity contribution in [3.63, 3.8) is 0 Å². The van der Waals surface area contributed by atoms with E-state index in [1.54, 1.807) is 31.0 Å². The van der Waals surface area contributed by atoms with E-state index in [1.165, 1.54) is 0 Å². The van der Waals surface area contributed by atoms with Crippen molar-refractivity contribution in [2.75, 3.05) is 6.61 Å². The minimum Gasteiger partial charge on any atom is -0.478 e. The van der Waals surface area contributed by atoms with E-state index in [9.17, 15) is 9.59 Å². The zero-order chi connectivity index (χ0) is 24.1. The Hall–Kier alpha value is -2.93. The molecule has 0 saturated carbocycles. The van der Waals surface area contributed by atoms with Gasteiger partial charge in [-0.1, -0.05) is 36.4 Å². The standard InChI is InChI=1S/C26H34N2O5/c1-25(2,3)33-24(30)28-20(18-19-12-7-6-8-13-19)23(32-26(28,4)5)21(29)14-11-17-31-22-15-9-10-16-27-22/h6-10,12-13,15-16,20,23H,11,14,17-18H2,1-5H3/t20-,23+/m1/s1. The minimum atomic E-state index is -0.980. The number of ketones is 1. The quantitative estimate of drug-likeness (QED) is 0.534. The lowest BCUT2D eigenvalue weighted by Gasteiger charge is -2.35. The molecule has 0 spiro atoms. The van der Waals surface area contributed by atoms with Crippen LogP contribution in [-0.2, 0) is 20.7 Å². The number of carbonyl (C=O) groups is 2. The summed E-state index contributed by atoms with van der Waals surface area (Å²) in [5, 5.41) is 0. The molecule has 1 saturated heterocycles. The first kappa shape index (κ1) is 24.7. The average molecular weight is 455 g/mol. The van der Waals surface area contributed by atoms with Crippen LogP contribution in [0.3, 0.4) is 0 Å². The summed E-state index contributed by atoms with van der Waals surface area (Å²) >= 11 is 0. The van der Waals surface area contributed by atoms with Gasteiger partial charge in [-0.15, -0.1) is 0 Å². The SMILES string of the molecule is CC(C)(C)OC(=O)N1[C@H](Cc2ccccc2)[C@@H](C(=O)CCCOc2ccccn2)OC1(C)C. The second-order valence-corrected chi connectivity index (χ2v) is 9.68. The van der Waals surface area contributed by atoms with Crippen molar-refractivity contribution in [3.05, 3.63) is 60.3 Å².